The zero-order valence-electron chi connectivity index (χ0n) is 13.8. The van der Waals surface area contributed by atoms with Gasteiger partial charge in [-0.2, -0.15) is 13.2 Å². The summed E-state index contributed by atoms with van der Waals surface area (Å²) in [4.78, 5) is 17.6. The maximum Gasteiger partial charge on any atom is 0.417 e. The van der Waals surface area contributed by atoms with Crippen LogP contribution in [-0.2, 0) is 12.6 Å². The first-order valence-corrected chi connectivity index (χ1v) is 7.48. The standard InChI is InChI=1S/C17H18F3N3O.2ClH/c18-17(19,20)14-6-7-15(22-12-14)16(24)23(11-9-21)10-8-13-4-2-1-3-5-13;;/h1-7,12H,8-11,21H2;2*1H. The summed E-state index contributed by atoms with van der Waals surface area (Å²) in [7, 11) is 0. The van der Waals surface area contributed by atoms with Gasteiger partial charge >= 0.3 is 6.18 Å². The predicted molar refractivity (Wildman–Crippen MR) is 98.8 cm³/mol. The van der Waals surface area contributed by atoms with Gasteiger partial charge in [0.05, 0.1) is 5.56 Å². The van der Waals surface area contributed by atoms with Crippen LogP contribution < -0.4 is 5.73 Å². The van der Waals surface area contributed by atoms with Crippen LogP contribution in [0.2, 0.25) is 0 Å². The minimum atomic E-state index is -4.47. The number of rotatable bonds is 6. The lowest BCUT2D eigenvalue weighted by Crippen LogP contribution is -2.37. The van der Waals surface area contributed by atoms with Crippen molar-refractivity contribution < 1.29 is 18.0 Å². The number of hydrogen-bond donors (Lipinski definition) is 1. The van der Waals surface area contributed by atoms with Crippen LogP contribution in [0.15, 0.2) is 48.7 Å². The third-order valence-corrected chi connectivity index (χ3v) is 3.51. The van der Waals surface area contributed by atoms with Gasteiger partial charge in [-0.1, -0.05) is 30.3 Å². The van der Waals surface area contributed by atoms with E-state index in [1.54, 1.807) is 0 Å². The fraction of sp³-hybridized carbons (Fsp3) is 0.294. The number of halogens is 5. The molecule has 0 saturated heterocycles. The Morgan fingerprint density at radius 3 is 2.19 bits per heavy atom. The SMILES string of the molecule is Cl.Cl.NCCN(CCc1ccccc1)C(=O)c1ccc(C(F)(F)F)cn1. The number of amides is 1. The second-order valence-corrected chi connectivity index (χ2v) is 5.25. The second kappa shape index (κ2) is 11.0. The number of aromatic nitrogens is 1. The molecule has 0 atom stereocenters. The number of hydrogen-bond acceptors (Lipinski definition) is 3. The topological polar surface area (TPSA) is 59.2 Å². The Morgan fingerprint density at radius 2 is 1.69 bits per heavy atom. The molecule has 2 rings (SSSR count). The Hall–Kier alpha value is -1.83. The Labute approximate surface area is 162 Å². The summed E-state index contributed by atoms with van der Waals surface area (Å²) in [6.07, 6.45) is -3.17. The summed E-state index contributed by atoms with van der Waals surface area (Å²) in [5, 5.41) is 0. The van der Waals surface area contributed by atoms with Crippen molar-refractivity contribution in [3.63, 3.8) is 0 Å². The number of alkyl halides is 3. The number of benzene rings is 1. The first-order valence-electron chi connectivity index (χ1n) is 7.48. The highest BCUT2D eigenvalue weighted by atomic mass is 35.5. The second-order valence-electron chi connectivity index (χ2n) is 5.25. The molecule has 0 aliphatic rings. The van der Waals surface area contributed by atoms with Gasteiger partial charge in [-0.25, -0.2) is 0 Å². The molecule has 4 nitrogen and oxygen atoms in total. The van der Waals surface area contributed by atoms with Crippen molar-refractivity contribution in [2.75, 3.05) is 19.6 Å². The first kappa shape index (κ1) is 24.2. The van der Waals surface area contributed by atoms with Crippen molar-refractivity contribution in [2.45, 2.75) is 12.6 Å². The summed E-state index contributed by atoms with van der Waals surface area (Å²) in [6, 6.07) is 11.6. The molecule has 26 heavy (non-hydrogen) atoms. The molecular formula is C17H20Cl2F3N3O. The summed E-state index contributed by atoms with van der Waals surface area (Å²) in [5.41, 5.74) is 5.69. The van der Waals surface area contributed by atoms with Crippen LogP contribution in [0.25, 0.3) is 0 Å². The monoisotopic (exact) mass is 409 g/mol. The molecule has 0 unspecified atom stereocenters. The Kier molecular flexibility index (Phi) is 10.2. The van der Waals surface area contributed by atoms with Gasteiger partial charge in [-0.3, -0.25) is 9.78 Å². The molecule has 1 amide bonds. The number of nitrogens with two attached hydrogens (primary N) is 1. The van der Waals surface area contributed by atoms with Gasteiger partial charge in [0.1, 0.15) is 5.69 Å². The molecule has 0 spiro atoms. The molecule has 1 aromatic carbocycles. The maximum atomic E-state index is 12.6. The maximum absolute atomic E-state index is 12.6. The summed E-state index contributed by atoms with van der Waals surface area (Å²) >= 11 is 0. The molecular weight excluding hydrogens is 390 g/mol. The first-order chi connectivity index (χ1) is 11.4. The zero-order chi connectivity index (χ0) is 17.6. The minimum Gasteiger partial charge on any atom is -0.336 e. The normalized spacial score (nSPS) is 10.5. The number of nitrogens with zero attached hydrogens (tertiary/aromatic N) is 2. The smallest absolute Gasteiger partial charge is 0.336 e. The molecule has 0 saturated carbocycles. The van der Waals surface area contributed by atoms with E-state index < -0.39 is 17.6 Å². The van der Waals surface area contributed by atoms with E-state index in [1.165, 1.54) is 4.90 Å². The lowest BCUT2D eigenvalue weighted by molar-refractivity contribution is -0.137. The van der Waals surface area contributed by atoms with E-state index in [-0.39, 0.29) is 37.1 Å². The van der Waals surface area contributed by atoms with E-state index in [0.717, 1.165) is 17.7 Å². The quantitative estimate of drug-likeness (QED) is 0.792. The van der Waals surface area contributed by atoms with E-state index >= 15 is 0 Å². The van der Waals surface area contributed by atoms with Crippen molar-refractivity contribution in [1.29, 1.82) is 0 Å². The van der Waals surface area contributed by atoms with Crippen LogP contribution in [0.3, 0.4) is 0 Å². The van der Waals surface area contributed by atoms with Crippen LogP contribution in [0.5, 0.6) is 0 Å². The van der Waals surface area contributed by atoms with E-state index in [4.69, 9.17) is 5.73 Å². The fourth-order valence-corrected chi connectivity index (χ4v) is 2.23. The Morgan fingerprint density at radius 1 is 1.04 bits per heavy atom. The summed E-state index contributed by atoms with van der Waals surface area (Å²) in [5.74, 6) is -0.426. The average Bonchev–Trinajstić information content (AvgIpc) is 2.58. The van der Waals surface area contributed by atoms with E-state index in [2.05, 4.69) is 4.98 Å². The largest absolute Gasteiger partial charge is 0.417 e. The molecule has 0 fully saturated rings. The molecule has 144 valence electrons. The van der Waals surface area contributed by atoms with Gasteiger partial charge in [-0.15, -0.1) is 24.8 Å². The lowest BCUT2D eigenvalue weighted by Gasteiger charge is -2.22. The van der Waals surface area contributed by atoms with Crippen molar-refractivity contribution in [3.05, 3.63) is 65.5 Å². The molecule has 0 radical (unpaired) electrons. The molecule has 1 aromatic heterocycles. The molecule has 0 aliphatic heterocycles. The Bertz CT molecular complexity index is 667. The van der Waals surface area contributed by atoms with Crippen molar-refractivity contribution in [3.8, 4) is 0 Å². The van der Waals surface area contributed by atoms with E-state index in [9.17, 15) is 18.0 Å². The Balaban J connectivity index is 0.00000312. The van der Waals surface area contributed by atoms with Crippen LogP contribution in [-0.4, -0.2) is 35.4 Å². The highest BCUT2D eigenvalue weighted by Gasteiger charge is 2.31. The van der Waals surface area contributed by atoms with Gasteiger partial charge in [0.2, 0.25) is 0 Å². The minimum absolute atomic E-state index is 0. The fourth-order valence-electron chi connectivity index (χ4n) is 2.23. The van der Waals surface area contributed by atoms with Gasteiger partial charge in [0, 0.05) is 25.8 Å². The van der Waals surface area contributed by atoms with Crippen LogP contribution in [0.1, 0.15) is 21.6 Å². The van der Waals surface area contributed by atoms with Crippen LogP contribution >= 0.6 is 24.8 Å². The van der Waals surface area contributed by atoms with E-state index in [1.807, 2.05) is 30.3 Å². The van der Waals surface area contributed by atoms with Gasteiger partial charge < -0.3 is 10.6 Å². The molecule has 2 aromatic rings. The highest BCUT2D eigenvalue weighted by Crippen LogP contribution is 2.28. The third kappa shape index (κ3) is 6.82. The summed E-state index contributed by atoms with van der Waals surface area (Å²) < 4.78 is 37.7. The van der Waals surface area contributed by atoms with E-state index in [0.29, 0.717) is 25.7 Å². The molecule has 0 bridgehead atoms. The van der Waals surface area contributed by atoms with Crippen molar-refractivity contribution >= 4 is 30.7 Å². The average molecular weight is 410 g/mol. The third-order valence-electron chi connectivity index (χ3n) is 3.51. The molecule has 0 aliphatic carbocycles. The zero-order valence-corrected chi connectivity index (χ0v) is 15.4. The summed E-state index contributed by atoms with van der Waals surface area (Å²) in [6.45, 7) is 0.998. The number of carbonyl (C=O) groups excluding carboxylic acids is 1. The molecule has 9 heteroatoms. The number of pyridine rings is 1. The highest BCUT2D eigenvalue weighted by molar-refractivity contribution is 5.92. The van der Waals surface area contributed by atoms with Gasteiger partial charge in [-0.05, 0) is 24.1 Å². The van der Waals surface area contributed by atoms with Crippen molar-refractivity contribution in [2.24, 2.45) is 5.73 Å². The number of carbonyl (C=O) groups is 1. The van der Waals surface area contributed by atoms with Gasteiger partial charge in [0.15, 0.2) is 0 Å². The molecule has 1 heterocycles. The van der Waals surface area contributed by atoms with Gasteiger partial charge in [0.25, 0.3) is 5.91 Å². The lowest BCUT2D eigenvalue weighted by atomic mass is 10.1. The van der Waals surface area contributed by atoms with Crippen LogP contribution in [0.4, 0.5) is 13.2 Å². The molecule has 2 N–H and O–H groups in total. The van der Waals surface area contributed by atoms with Crippen molar-refractivity contribution in [1.82, 2.24) is 9.88 Å². The predicted octanol–water partition coefficient (Wildman–Crippen LogP) is 3.59. The van der Waals surface area contributed by atoms with Crippen LogP contribution in [0, 0.1) is 0 Å².